The number of aromatic amines is 1. The number of carbonyl (C=O) groups is 2. The van der Waals surface area contributed by atoms with E-state index in [0.717, 1.165) is 10.4 Å². The van der Waals surface area contributed by atoms with Crippen molar-refractivity contribution in [3.63, 3.8) is 0 Å². The highest BCUT2D eigenvalue weighted by molar-refractivity contribution is 7.71. The van der Waals surface area contributed by atoms with Crippen LogP contribution >= 0.6 is 23.6 Å². The lowest BCUT2D eigenvalue weighted by molar-refractivity contribution is -0.116. The summed E-state index contributed by atoms with van der Waals surface area (Å²) in [4.78, 5) is 31.8. The molecule has 0 fully saturated rings. The highest BCUT2D eigenvalue weighted by Crippen LogP contribution is 2.33. The van der Waals surface area contributed by atoms with Crippen molar-refractivity contribution >= 4 is 46.2 Å². The Bertz CT molecular complexity index is 1220. The Kier molecular flexibility index (Phi) is 5.18. The van der Waals surface area contributed by atoms with Gasteiger partial charge in [-0.2, -0.15) is 5.10 Å². The summed E-state index contributed by atoms with van der Waals surface area (Å²) in [6.07, 6.45) is 1.73. The highest BCUT2D eigenvalue weighted by atomic mass is 32.1. The molecule has 2 amide bonds. The van der Waals surface area contributed by atoms with Crippen LogP contribution in [0.2, 0.25) is 0 Å². The molecule has 0 saturated heterocycles. The summed E-state index contributed by atoms with van der Waals surface area (Å²) in [5, 5.41) is 10.2. The lowest BCUT2D eigenvalue weighted by Crippen LogP contribution is -2.32. The zero-order chi connectivity index (χ0) is 21.4. The van der Waals surface area contributed by atoms with Gasteiger partial charge in [-0.05, 0) is 25.2 Å². The molecule has 10 heteroatoms. The Morgan fingerprint density at radius 3 is 2.80 bits per heavy atom. The van der Waals surface area contributed by atoms with Crippen molar-refractivity contribution in [1.82, 2.24) is 24.6 Å². The topological polar surface area (TPSA) is 95.9 Å². The van der Waals surface area contributed by atoms with Gasteiger partial charge in [-0.15, -0.1) is 6.58 Å². The number of thiazole rings is 1. The van der Waals surface area contributed by atoms with Gasteiger partial charge in [0.25, 0.3) is 5.91 Å². The number of amides is 2. The van der Waals surface area contributed by atoms with Crippen molar-refractivity contribution < 1.29 is 9.59 Å². The van der Waals surface area contributed by atoms with Crippen molar-refractivity contribution in [3.05, 3.63) is 65.1 Å². The predicted octanol–water partition coefficient (Wildman–Crippen LogP) is 3.62. The van der Waals surface area contributed by atoms with Crippen LogP contribution in [0.25, 0.3) is 16.4 Å². The second-order valence-electron chi connectivity index (χ2n) is 6.62. The van der Waals surface area contributed by atoms with E-state index in [9.17, 15) is 9.59 Å². The molecule has 0 unspecified atom stereocenters. The standard InChI is InChI=1S/C20H18N6O2S2/c1-4-9-25-17(23-24-20(25)29)16-11(2)21-19(30-16)22-15(27)10-26-12(3)13-7-5-6-8-14(13)18(26)28/h4-8H,1,3,9-10H2,2H3,(H,24,29)(H,21,22,27). The minimum absolute atomic E-state index is 0.143. The van der Waals surface area contributed by atoms with Crippen LogP contribution in [0.3, 0.4) is 0 Å². The Labute approximate surface area is 181 Å². The number of aromatic nitrogens is 4. The van der Waals surface area contributed by atoms with Crippen LogP contribution in [-0.4, -0.2) is 43.0 Å². The summed E-state index contributed by atoms with van der Waals surface area (Å²) in [7, 11) is 0. The molecular formula is C20H18N6O2S2. The maximum Gasteiger partial charge on any atom is 0.259 e. The van der Waals surface area contributed by atoms with Crippen LogP contribution in [0.1, 0.15) is 21.6 Å². The quantitative estimate of drug-likeness (QED) is 0.453. The minimum Gasteiger partial charge on any atom is -0.300 e. The van der Waals surface area contributed by atoms with Crippen LogP contribution in [-0.2, 0) is 11.3 Å². The fourth-order valence-electron chi connectivity index (χ4n) is 3.25. The number of allylic oxidation sites excluding steroid dienone is 1. The molecule has 3 heterocycles. The third kappa shape index (κ3) is 3.40. The third-order valence-electron chi connectivity index (χ3n) is 4.66. The zero-order valence-electron chi connectivity index (χ0n) is 16.1. The molecule has 30 heavy (non-hydrogen) atoms. The number of H-pyrrole nitrogens is 1. The largest absolute Gasteiger partial charge is 0.300 e. The smallest absolute Gasteiger partial charge is 0.259 e. The van der Waals surface area contributed by atoms with E-state index >= 15 is 0 Å². The molecular weight excluding hydrogens is 420 g/mol. The average Bonchev–Trinajstić information content (AvgIpc) is 3.33. The van der Waals surface area contributed by atoms with Crippen molar-refractivity contribution in [2.75, 3.05) is 11.9 Å². The maximum absolute atomic E-state index is 12.6. The molecule has 0 bridgehead atoms. The Balaban J connectivity index is 1.51. The van der Waals surface area contributed by atoms with Crippen LogP contribution in [0.5, 0.6) is 0 Å². The Hall–Kier alpha value is -3.37. The van der Waals surface area contributed by atoms with Gasteiger partial charge in [0, 0.05) is 23.4 Å². The van der Waals surface area contributed by atoms with E-state index in [1.165, 1.54) is 16.2 Å². The summed E-state index contributed by atoms with van der Waals surface area (Å²) in [6.45, 7) is 9.88. The number of fused-ring (bicyclic) bond motifs is 1. The Morgan fingerprint density at radius 2 is 2.10 bits per heavy atom. The molecule has 8 nitrogen and oxygen atoms in total. The van der Waals surface area contributed by atoms with Crippen LogP contribution in [0, 0.1) is 11.7 Å². The maximum atomic E-state index is 12.6. The molecule has 0 spiro atoms. The van der Waals surface area contributed by atoms with Gasteiger partial charge < -0.3 is 5.32 Å². The third-order valence-corrected chi connectivity index (χ3v) is 6.04. The summed E-state index contributed by atoms with van der Waals surface area (Å²) in [6, 6.07) is 7.17. The molecule has 1 aromatic carbocycles. The van der Waals surface area contributed by atoms with E-state index in [1.54, 1.807) is 22.8 Å². The Morgan fingerprint density at radius 1 is 1.37 bits per heavy atom. The molecule has 1 aliphatic heterocycles. The fourth-order valence-corrected chi connectivity index (χ4v) is 4.44. The number of nitrogens with zero attached hydrogens (tertiary/aromatic N) is 4. The fraction of sp³-hybridized carbons (Fsp3) is 0.150. The van der Waals surface area contributed by atoms with Gasteiger partial charge >= 0.3 is 0 Å². The second kappa shape index (κ2) is 7.81. The van der Waals surface area contributed by atoms with Gasteiger partial charge in [-0.3, -0.25) is 24.2 Å². The first-order valence-electron chi connectivity index (χ1n) is 9.04. The second-order valence-corrected chi connectivity index (χ2v) is 8.00. The van der Waals surface area contributed by atoms with Gasteiger partial charge in [0.1, 0.15) is 6.54 Å². The normalized spacial score (nSPS) is 12.9. The van der Waals surface area contributed by atoms with E-state index in [-0.39, 0.29) is 18.4 Å². The number of nitrogens with one attached hydrogen (secondary N) is 2. The lowest BCUT2D eigenvalue weighted by Gasteiger charge is -2.16. The molecule has 152 valence electrons. The molecule has 0 atom stereocenters. The number of aryl methyl sites for hydroxylation is 1. The van der Waals surface area contributed by atoms with E-state index in [0.29, 0.717) is 39.2 Å². The summed E-state index contributed by atoms with van der Waals surface area (Å²) in [5.74, 6) is 0.0400. The number of rotatable bonds is 6. The van der Waals surface area contributed by atoms with Crippen LogP contribution in [0.15, 0.2) is 43.5 Å². The molecule has 4 rings (SSSR count). The van der Waals surface area contributed by atoms with Gasteiger partial charge in [-0.25, -0.2) is 4.98 Å². The molecule has 0 radical (unpaired) electrons. The zero-order valence-corrected chi connectivity index (χ0v) is 17.8. The number of benzene rings is 1. The monoisotopic (exact) mass is 438 g/mol. The summed E-state index contributed by atoms with van der Waals surface area (Å²) >= 11 is 6.54. The summed E-state index contributed by atoms with van der Waals surface area (Å²) < 4.78 is 2.28. The number of anilines is 1. The van der Waals surface area contributed by atoms with Crippen molar-refractivity contribution in [2.24, 2.45) is 0 Å². The molecule has 0 saturated carbocycles. The minimum atomic E-state index is -0.359. The van der Waals surface area contributed by atoms with Crippen molar-refractivity contribution in [1.29, 1.82) is 0 Å². The highest BCUT2D eigenvalue weighted by Gasteiger charge is 2.32. The van der Waals surface area contributed by atoms with Gasteiger partial charge in [0.05, 0.1) is 10.6 Å². The molecule has 0 aliphatic carbocycles. The lowest BCUT2D eigenvalue weighted by atomic mass is 10.1. The number of hydrogen-bond donors (Lipinski definition) is 2. The number of hydrogen-bond acceptors (Lipinski definition) is 6. The SMILES string of the molecule is C=CCn1c(-c2sc(NC(=O)CN3C(=C)c4ccccc4C3=O)nc2C)n[nH]c1=S. The average molecular weight is 439 g/mol. The number of carbonyl (C=O) groups excluding carboxylic acids is 2. The molecule has 1 aliphatic rings. The molecule has 2 aromatic heterocycles. The van der Waals surface area contributed by atoms with Crippen molar-refractivity contribution in [3.8, 4) is 10.7 Å². The van der Waals surface area contributed by atoms with Gasteiger partial charge in [0.15, 0.2) is 15.7 Å². The molecule has 3 aromatic rings. The van der Waals surface area contributed by atoms with E-state index in [1.807, 2.05) is 19.1 Å². The predicted molar refractivity (Wildman–Crippen MR) is 119 cm³/mol. The first-order chi connectivity index (χ1) is 14.4. The summed E-state index contributed by atoms with van der Waals surface area (Å²) in [5.41, 5.74) is 2.52. The first kappa shape index (κ1) is 19.9. The van der Waals surface area contributed by atoms with Crippen molar-refractivity contribution in [2.45, 2.75) is 13.5 Å². The van der Waals surface area contributed by atoms with Gasteiger partial charge in [0.2, 0.25) is 5.91 Å². The molecule has 2 N–H and O–H groups in total. The van der Waals surface area contributed by atoms with E-state index in [2.05, 4.69) is 33.7 Å². The van der Waals surface area contributed by atoms with Gasteiger partial charge in [-0.1, -0.05) is 42.2 Å². The van der Waals surface area contributed by atoms with E-state index < -0.39 is 0 Å². The van der Waals surface area contributed by atoms with Crippen LogP contribution in [0.4, 0.5) is 5.13 Å². The van der Waals surface area contributed by atoms with Crippen LogP contribution < -0.4 is 5.32 Å². The first-order valence-corrected chi connectivity index (χ1v) is 10.3. The van der Waals surface area contributed by atoms with E-state index in [4.69, 9.17) is 12.2 Å².